The Labute approximate surface area is 172 Å². The molecule has 0 aromatic heterocycles. The second-order valence-corrected chi connectivity index (χ2v) is 8.88. The highest BCUT2D eigenvalue weighted by Crippen LogP contribution is 2.30. The highest BCUT2D eigenvalue weighted by molar-refractivity contribution is 7.89. The van der Waals surface area contributed by atoms with E-state index in [4.69, 9.17) is 16.3 Å². The molecule has 0 atom stereocenters. The van der Waals surface area contributed by atoms with Gasteiger partial charge in [-0.25, -0.2) is 8.42 Å². The Morgan fingerprint density at radius 2 is 1.79 bits per heavy atom. The van der Waals surface area contributed by atoms with Gasteiger partial charge in [0.05, 0.1) is 6.61 Å². The Bertz CT molecular complexity index is 909. The summed E-state index contributed by atoms with van der Waals surface area (Å²) < 4.78 is 33.2. The van der Waals surface area contributed by atoms with Crippen LogP contribution in [0.4, 0.5) is 0 Å². The molecule has 1 fully saturated rings. The van der Waals surface area contributed by atoms with Gasteiger partial charge in [-0.15, -0.1) is 0 Å². The monoisotopic (exact) mass is 420 g/mol. The summed E-state index contributed by atoms with van der Waals surface area (Å²) >= 11 is 6.04. The number of benzene rings is 2. The average molecular weight is 421 g/mol. The average Bonchev–Trinajstić information content (AvgIpc) is 2.71. The number of ether oxygens (including phenoxy) is 1. The molecule has 0 amide bonds. The van der Waals surface area contributed by atoms with Crippen LogP contribution in [0.2, 0.25) is 5.02 Å². The van der Waals surface area contributed by atoms with E-state index < -0.39 is 10.0 Å². The zero-order valence-electron chi connectivity index (χ0n) is 15.9. The van der Waals surface area contributed by atoms with E-state index in [-0.39, 0.29) is 4.90 Å². The molecule has 0 unspecified atom stereocenters. The highest BCUT2D eigenvalue weighted by Gasteiger charge is 2.30. The molecule has 1 aliphatic heterocycles. The lowest BCUT2D eigenvalue weighted by molar-refractivity contribution is 0.204. The standard InChI is InChI=1S/C21H25ClN2O3S/c1-2-27-20-11-10-19(22)17-21(20)28(25,26)24-15-13-23(14-16-24)12-6-9-18-7-4-3-5-8-18/h3-11,17H,2,12-16H2,1H3/b9-6+. The maximum atomic E-state index is 13.1. The Morgan fingerprint density at radius 3 is 2.46 bits per heavy atom. The van der Waals surface area contributed by atoms with Gasteiger partial charge in [0.1, 0.15) is 10.6 Å². The summed E-state index contributed by atoms with van der Waals surface area (Å²) in [6, 6.07) is 14.9. The van der Waals surface area contributed by atoms with Crippen molar-refractivity contribution in [2.75, 3.05) is 39.3 Å². The fourth-order valence-corrected chi connectivity index (χ4v) is 4.97. The van der Waals surface area contributed by atoms with Crippen molar-refractivity contribution in [3.05, 3.63) is 65.2 Å². The summed E-state index contributed by atoms with van der Waals surface area (Å²) in [6.45, 7) is 5.27. The molecule has 0 saturated carbocycles. The third-order valence-electron chi connectivity index (χ3n) is 4.63. The van der Waals surface area contributed by atoms with Gasteiger partial charge in [0.2, 0.25) is 10.0 Å². The molecule has 3 rings (SSSR count). The second kappa shape index (κ2) is 9.56. The van der Waals surface area contributed by atoms with Gasteiger partial charge in [0.15, 0.2) is 0 Å². The molecule has 150 valence electrons. The number of hydrogen-bond donors (Lipinski definition) is 0. The van der Waals surface area contributed by atoms with Crippen LogP contribution in [-0.4, -0.2) is 57.0 Å². The van der Waals surface area contributed by atoms with E-state index in [1.807, 2.05) is 25.1 Å². The summed E-state index contributed by atoms with van der Waals surface area (Å²) in [4.78, 5) is 2.38. The quantitative estimate of drug-likeness (QED) is 0.684. The van der Waals surface area contributed by atoms with Gasteiger partial charge >= 0.3 is 0 Å². The lowest BCUT2D eigenvalue weighted by Gasteiger charge is -2.33. The fraction of sp³-hybridized carbons (Fsp3) is 0.333. The van der Waals surface area contributed by atoms with Crippen molar-refractivity contribution in [2.24, 2.45) is 0 Å². The lowest BCUT2D eigenvalue weighted by atomic mass is 10.2. The molecule has 1 saturated heterocycles. The van der Waals surface area contributed by atoms with Crippen LogP contribution >= 0.6 is 11.6 Å². The van der Waals surface area contributed by atoms with E-state index in [2.05, 4.69) is 29.2 Å². The molecule has 0 N–H and O–H groups in total. The topological polar surface area (TPSA) is 49.9 Å². The maximum absolute atomic E-state index is 13.1. The van der Waals surface area contributed by atoms with Gasteiger partial charge < -0.3 is 4.74 Å². The van der Waals surface area contributed by atoms with E-state index in [1.54, 1.807) is 12.1 Å². The first kappa shape index (κ1) is 20.9. The Hall–Kier alpha value is -1.86. The molecule has 0 bridgehead atoms. The SMILES string of the molecule is CCOc1ccc(Cl)cc1S(=O)(=O)N1CCN(C/C=C/c2ccccc2)CC1. The molecular formula is C21H25ClN2O3S. The Morgan fingerprint density at radius 1 is 1.07 bits per heavy atom. The van der Waals surface area contributed by atoms with E-state index in [0.717, 1.165) is 12.1 Å². The molecule has 28 heavy (non-hydrogen) atoms. The molecule has 2 aromatic carbocycles. The molecule has 0 aliphatic carbocycles. The van der Waals surface area contributed by atoms with Crippen molar-refractivity contribution in [3.63, 3.8) is 0 Å². The van der Waals surface area contributed by atoms with Gasteiger partial charge in [-0.1, -0.05) is 54.1 Å². The first-order valence-electron chi connectivity index (χ1n) is 9.37. The van der Waals surface area contributed by atoms with Crippen molar-refractivity contribution in [3.8, 4) is 5.75 Å². The Kier molecular flexibility index (Phi) is 7.13. The largest absolute Gasteiger partial charge is 0.492 e. The first-order valence-corrected chi connectivity index (χ1v) is 11.2. The van der Waals surface area contributed by atoms with Crippen molar-refractivity contribution >= 4 is 27.7 Å². The minimum absolute atomic E-state index is 0.138. The maximum Gasteiger partial charge on any atom is 0.246 e. The molecule has 2 aromatic rings. The van der Waals surface area contributed by atoms with Gasteiger partial charge in [-0.2, -0.15) is 4.31 Å². The molecular weight excluding hydrogens is 396 g/mol. The van der Waals surface area contributed by atoms with Gasteiger partial charge in [0, 0.05) is 37.7 Å². The Balaban J connectivity index is 1.62. The highest BCUT2D eigenvalue weighted by atomic mass is 35.5. The fourth-order valence-electron chi connectivity index (χ4n) is 3.15. The summed E-state index contributed by atoms with van der Waals surface area (Å²) in [5, 5.41) is 0.381. The summed E-state index contributed by atoms with van der Waals surface area (Å²) in [5.74, 6) is 0.347. The van der Waals surface area contributed by atoms with E-state index >= 15 is 0 Å². The predicted octanol–water partition coefficient (Wildman–Crippen LogP) is 3.76. The predicted molar refractivity (Wildman–Crippen MR) is 113 cm³/mol. The molecule has 1 aliphatic rings. The van der Waals surface area contributed by atoms with Crippen LogP contribution in [0.5, 0.6) is 5.75 Å². The summed E-state index contributed by atoms with van der Waals surface area (Å²) in [6.07, 6.45) is 4.20. The first-order chi connectivity index (χ1) is 13.5. The minimum atomic E-state index is -3.65. The van der Waals surface area contributed by atoms with Crippen LogP contribution < -0.4 is 4.74 Å². The smallest absolute Gasteiger partial charge is 0.246 e. The second-order valence-electron chi connectivity index (χ2n) is 6.54. The van der Waals surface area contributed by atoms with Crippen molar-refractivity contribution in [2.45, 2.75) is 11.8 Å². The zero-order valence-corrected chi connectivity index (χ0v) is 17.5. The molecule has 1 heterocycles. The summed E-state index contributed by atoms with van der Waals surface area (Å²) in [5.41, 5.74) is 1.16. The van der Waals surface area contributed by atoms with Gasteiger partial charge in [-0.3, -0.25) is 4.90 Å². The number of hydrogen-bond acceptors (Lipinski definition) is 4. The van der Waals surface area contributed by atoms with Crippen LogP contribution in [0.25, 0.3) is 6.08 Å². The summed E-state index contributed by atoms with van der Waals surface area (Å²) in [7, 11) is -3.65. The van der Waals surface area contributed by atoms with Gasteiger partial charge in [0.25, 0.3) is 0 Å². The third kappa shape index (κ3) is 5.14. The number of halogens is 1. The van der Waals surface area contributed by atoms with Crippen LogP contribution in [0.1, 0.15) is 12.5 Å². The van der Waals surface area contributed by atoms with Crippen LogP contribution in [0, 0.1) is 0 Å². The number of piperazine rings is 1. The normalized spacial score (nSPS) is 16.5. The zero-order chi connectivity index (χ0) is 20.0. The third-order valence-corrected chi connectivity index (χ3v) is 6.78. The number of sulfonamides is 1. The van der Waals surface area contributed by atoms with Crippen LogP contribution in [0.15, 0.2) is 59.5 Å². The minimum Gasteiger partial charge on any atom is -0.492 e. The van der Waals surface area contributed by atoms with E-state index in [0.29, 0.717) is 43.6 Å². The molecule has 7 heteroatoms. The molecule has 0 spiro atoms. The number of nitrogens with zero attached hydrogens (tertiary/aromatic N) is 2. The van der Waals surface area contributed by atoms with Crippen molar-refractivity contribution in [1.29, 1.82) is 0 Å². The molecule has 0 radical (unpaired) electrons. The molecule has 5 nitrogen and oxygen atoms in total. The van der Waals surface area contributed by atoms with Crippen molar-refractivity contribution in [1.82, 2.24) is 9.21 Å². The van der Waals surface area contributed by atoms with Crippen LogP contribution in [0.3, 0.4) is 0 Å². The van der Waals surface area contributed by atoms with E-state index in [9.17, 15) is 8.42 Å². The van der Waals surface area contributed by atoms with Crippen molar-refractivity contribution < 1.29 is 13.2 Å². The van der Waals surface area contributed by atoms with E-state index in [1.165, 1.54) is 10.4 Å². The van der Waals surface area contributed by atoms with Crippen LogP contribution in [-0.2, 0) is 10.0 Å². The number of rotatable bonds is 7. The van der Waals surface area contributed by atoms with Gasteiger partial charge in [-0.05, 0) is 30.7 Å². The lowest BCUT2D eigenvalue weighted by Crippen LogP contribution is -2.48.